The first kappa shape index (κ1) is 24.6. The van der Waals surface area contributed by atoms with Gasteiger partial charge in [0.05, 0.1) is 42.2 Å². The molecular weight excluding hydrogens is 524 g/mol. The second-order valence-electron chi connectivity index (χ2n) is 9.80. The van der Waals surface area contributed by atoms with E-state index in [1.165, 1.54) is 6.20 Å². The molecule has 2 aliphatic heterocycles. The lowest BCUT2D eigenvalue weighted by Crippen LogP contribution is -2.62. The molecule has 2 atom stereocenters. The van der Waals surface area contributed by atoms with Crippen LogP contribution in [0.4, 0.5) is 14.5 Å². The van der Waals surface area contributed by atoms with E-state index in [1.54, 1.807) is 16.5 Å². The van der Waals surface area contributed by atoms with Gasteiger partial charge in [0.1, 0.15) is 10.4 Å². The Hall–Kier alpha value is -2.70. The van der Waals surface area contributed by atoms with Crippen molar-refractivity contribution in [2.24, 2.45) is 0 Å². The van der Waals surface area contributed by atoms with E-state index in [-0.39, 0.29) is 22.0 Å². The predicted octanol–water partition coefficient (Wildman–Crippen LogP) is 2.64. The number of nitrogens with zero attached hydrogens (tertiary/aromatic N) is 6. The van der Waals surface area contributed by atoms with Crippen LogP contribution in [0.3, 0.4) is 0 Å². The van der Waals surface area contributed by atoms with E-state index in [0.29, 0.717) is 50.5 Å². The number of pyridine rings is 1. The highest BCUT2D eigenvalue weighted by atomic mass is 32.2. The highest BCUT2D eigenvalue weighted by Gasteiger charge is 2.47. The third kappa shape index (κ3) is 4.38. The monoisotopic (exact) mass is 549 g/mol. The van der Waals surface area contributed by atoms with Gasteiger partial charge >= 0.3 is 0 Å². The zero-order valence-corrected chi connectivity index (χ0v) is 21.6. The Labute approximate surface area is 216 Å². The minimum absolute atomic E-state index is 0.0115. The molecule has 1 saturated carbocycles. The molecule has 3 fully saturated rings. The second-order valence-corrected chi connectivity index (χ2v) is 12.5. The molecule has 196 valence electrons. The Morgan fingerprint density at radius 3 is 2.81 bits per heavy atom. The molecule has 0 amide bonds. The quantitative estimate of drug-likeness (QED) is 0.499. The minimum atomic E-state index is -4.05. The van der Waals surface area contributed by atoms with Crippen molar-refractivity contribution in [3.8, 4) is 16.8 Å². The number of halogens is 2. The molecule has 14 heteroatoms. The van der Waals surface area contributed by atoms with E-state index < -0.39 is 27.0 Å². The smallest absolute Gasteiger partial charge is 0.291 e. The van der Waals surface area contributed by atoms with Crippen molar-refractivity contribution in [3.63, 3.8) is 0 Å². The predicted molar refractivity (Wildman–Crippen MR) is 132 cm³/mol. The average molecular weight is 550 g/mol. The number of nitrogens with one attached hydrogen (secondary N) is 1. The normalized spacial score (nSPS) is 23.8. The Balaban J connectivity index is 1.47. The maximum Gasteiger partial charge on any atom is 0.291 e. The summed E-state index contributed by atoms with van der Waals surface area (Å²) in [5.41, 5.74) is 0.804. The van der Waals surface area contributed by atoms with E-state index in [1.807, 2.05) is 6.07 Å². The van der Waals surface area contributed by atoms with Crippen LogP contribution < -0.4 is 9.62 Å². The summed E-state index contributed by atoms with van der Waals surface area (Å²) in [5.74, 6) is 0. The summed E-state index contributed by atoms with van der Waals surface area (Å²) in [6, 6.07) is 7.65. The second kappa shape index (κ2) is 8.95. The number of hydrogen-bond acceptors (Lipinski definition) is 9. The topological polar surface area (TPSA) is 116 Å². The summed E-state index contributed by atoms with van der Waals surface area (Å²) in [5, 5.41) is 16.9. The van der Waals surface area contributed by atoms with Crippen LogP contribution in [0, 0.1) is 11.3 Å². The van der Waals surface area contributed by atoms with Crippen LogP contribution >= 0.6 is 11.3 Å². The molecule has 3 aliphatic rings. The average Bonchev–Trinajstić information content (AvgIpc) is 3.27. The Morgan fingerprint density at radius 2 is 2.11 bits per heavy atom. The molecule has 3 aromatic rings. The molecule has 6 rings (SSSR count). The third-order valence-corrected chi connectivity index (χ3v) is 9.72. The zero-order chi connectivity index (χ0) is 25.9. The van der Waals surface area contributed by atoms with Crippen LogP contribution in [0.2, 0.25) is 0 Å². The molecule has 0 aromatic carbocycles. The van der Waals surface area contributed by atoms with Gasteiger partial charge in [0, 0.05) is 31.9 Å². The minimum Gasteiger partial charge on any atom is -0.378 e. The number of piperazine rings is 1. The Morgan fingerprint density at radius 1 is 1.30 bits per heavy atom. The number of nitriles is 1. The number of aromatic nitrogens is 3. The molecule has 0 bridgehead atoms. The fourth-order valence-corrected chi connectivity index (χ4v) is 7.32. The molecular formula is C23H25F2N7O3S2. The maximum atomic E-state index is 13.4. The van der Waals surface area contributed by atoms with E-state index >= 15 is 0 Å². The van der Waals surface area contributed by atoms with Crippen molar-refractivity contribution in [2.75, 3.05) is 37.7 Å². The van der Waals surface area contributed by atoms with E-state index in [2.05, 4.69) is 37.7 Å². The van der Waals surface area contributed by atoms with Gasteiger partial charge in [0.15, 0.2) is 10.0 Å². The lowest BCUT2D eigenvalue weighted by Gasteiger charge is -2.48. The van der Waals surface area contributed by atoms with Crippen molar-refractivity contribution in [3.05, 3.63) is 29.4 Å². The van der Waals surface area contributed by atoms with Gasteiger partial charge < -0.3 is 14.0 Å². The van der Waals surface area contributed by atoms with E-state index in [9.17, 15) is 22.5 Å². The fraction of sp³-hybridized carbons (Fsp3) is 0.522. The van der Waals surface area contributed by atoms with Crippen LogP contribution in [-0.2, 0) is 14.8 Å². The molecule has 5 heterocycles. The number of hydrogen-bond donors (Lipinski definition) is 1. The van der Waals surface area contributed by atoms with Crippen LogP contribution in [0.25, 0.3) is 16.2 Å². The van der Waals surface area contributed by atoms with Crippen LogP contribution in [0.15, 0.2) is 29.3 Å². The van der Waals surface area contributed by atoms with Crippen molar-refractivity contribution < 1.29 is 21.9 Å². The lowest BCUT2D eigenvalue weighted by atomic mass is 10.1. The van der Waals surface area contributed by atoms with Gasteiger partial charge in [-0.25, -0.2) is 17.2 Å². The molecule has 1 aliphatic carbocycles. The van der Waals surface area contributed by atoms with Crippen molar-refractivity contribution >= 4 is 32.6 Å². The molecule has 0 spiro atoms. The highest BCUT2D eigenvalue weighted by Crippen LogP contribution is 2.38. The van der Waals surface area contributed by atoms with Gasteiger partial charge in [-0.15, -0.1) is 10.2 Å². The summed E-state index contributed by atoms with van der Waals surface area (Å²) < 4.78 is 63.2. The zero-order valence-electron chi connectivity index (χ0n) is 20.0. The van der Waals surface area contributed by atoms with E-state index in [0.717, 1.165) is 23.4 Å². The van der Waals surface area contributed by atoms with Gasteiger partial charge in [-0.2, -0.15) is 9.98 Å². The first-order valence-electron chi connectivity index (χ1n) is 12.0. The molecule has 2 saturated heterocycles. The first-order valence-corrected chi connectivity index (χ1v) is 14.3. The summed E-state index contributed by atoms with van der Waals surface area (Å²) >= 11 is 0.769. The van der Waals surface area contributed by atoms with Crippen molar-refractivity contribution in [1.29, 1.82) is 5.26 Å². The lowest BCUT2D eigenvalue weighted by molar-refractivity contribution is -0.0317. The molecule has 3 aromatic heterocycles. The summed E-state index contributed by atoms with van der Waals surface area (Å²) in [6.07, 6.45) is -0.384. The number of sulfonamides is 1. The Bertz CT molecular complexity index is 1500. The summed E-state index contributed by atoms with van der Waals surface area (Å²) in [4.78, 5) is 4.56. The number of anilines is 1. The molecule has 37 heavy (non-hydrogen) atoms. The first-order chi connectivity index (χ1) is 17.7. The van der Waals surface area contributed by atoms with Gasteiger partial charge in [-0.05, 0) is 38.0 Å². The van der Waals surface area contributed by atoms with Crippen molar-refractivity contribution in [1.82, 2.24) is 24.2 Å². The van der Waals surface area contributed by atoms with Crippen molar-refractivity contribution in [2.45, 2.75) is 48.7 Å². The standard InChI is InChI=1S/C23H25F2N7O3S2/c1-14-9-30(10-15-12-35-7-6-31(14)15)19-8-16(37(33,34)29-23(13-26)4-5-23)11-32-17(19)2-3-18(32)21-27-28-22(36-21)20(24)25/h2-3,8,11,14-15,20,29H,4-7,9-10,12H2,1H3/t14-,15+/m0/s1. The largest absolute Gasteiger partial charge is 0.378 e. The van der Waals surface area contributed by atoms with Gasteiger partial charge in [0.25, 0.3) is 6.43 Å². The van der Waals surface area contributed by atoms with Gasteiger partial charge in [-0.3, -0.25) is 4.90 Å². The van der Waals surface area contributed by atoms with Crippen LogP contribution in [0.1, 0.15) is 31.2 Å². The number of alkyl halides is 2. The molecule has 0 unspecified atom stereocenters. The summed E-state index contributed by atoms with van der Waals surface area (Å²) in [6.45, 7) is 5.60. The van der Waals surface area contributed by atoms with Crippen LogP contribution in [0.5, 0.6) is 0 Å². The number of morpholine rings is 1. The number of rotatable bonds is 6. The van der Waals surface area contributed by atoms with Gasteiger partial charge in [0.2, 0.25) is 10.0 Å². The highest BCUT2D eigenvalue weighted by molar-refractivity contribution is 7.89. The number of ether oxygens (including phenoxy) is 1. The van der Waals surface area contributed by atoms with Crippen LogP contribution in [-0.4, -0.2) is 78.4 Å². The number of fused-ring (bicyclic) bond motifs is 2. The maximum absolute atomic E-state index is 13.4. The third-order valence-electron chi connectivity index (χ3n) is 7.26. The summed E-state index contributed by atoms with van der Waals surface area (Å²) in [7, 11) is -4.05. The molecule has 1 N–H and O–H groups in total. The SMILES string of the molecule is C[C@H]1CN(c2cc(S(=O)(=O)NC3(C#N)CC3)cn3c(-c4nnc(C(F)F)s4)ccc23)C[C@@H]2COCCN21. The van der Waals surface area contributed by atoms with Gasteiger partial charge in [-0.1, -0.05) is 11.3 Å². The molecule has 0 radical (unpaired) electrons. The molecule has 10 nitrogen and oxygen atoms in total. The Kier molecular flexibility index (Phi) is 5.96. The van der Waals surface area contributed by atoms with E-state index in [4.69, 9.17) is 4.74 Å². The fourth-order valence-electron chi connectivity index (χ4n) is 5.20.